The van der Waals surface area contributed by atoms with Gasteiger partial charge in [0.15, 0.2) is 5.75 Å². The number of rotatable bonds is 4. The minimum atomic E-state index is -0.386. The smallest absolute Gasteiger partial charge is 0.157 e. The molecule has 3 rings (SSSR count). The summed E-state index contributed by atoms with van der Waals surface area (Å²) in [5.74, 6) is 0.246. The third-order valence-electron chi connectivity index (χ3n) is 3.97. The van der Waals surface area contributed by atoms with Gasteiger partial charge in [0.05, 0.1) is 16.2 Å². The Hall–Kier alpha value is -1.36. The van der Waals surface area contributed by atoms with E-state index in [1.54, 1.807) is 18.3 Å². The van der Waals surface area contributed by atoms with Gasteiger partial charge in [0.1, 0.15) is 11.9 Å². The number of hydrogen-bond donors (Lipinski definition) is 1. The number of nitrogens with zero attached hydrogens (tertiary/aromatic N) is 1. The Bertz CT molecular complexity index is 682. The van der Waals surface area contributed by atoms with E-state index >= 15 is 0 Å². The lowest BCUT2D eigenvalue weighted by Gasteiger charge is -2.25. The second-order valence-corrected chi connectivity index (χ2v) is 6.60. The number of aryl methyl sites for hydroxylation is 1. The third kappa shape index (κ3) is 3.77. The molecule has 1 unspecified atom stereocenters. The molecule has 1 aliphatic rings. The lowest BCUT2D eigenvalue weighted by Crippen LogP contribution is -2.22. The van der Waals surface area contributed by atoms with Crippen LogP contribution in [0.2, 0.25) is 10.0 Å². The highest BCUT2D eigenvalue weighted by Gasteiger charge is 2.30. The topological polar surface area (TPSA) is 34.1 Å². The van der Waals surface area contributed by atoms with Gasteiger partial charge in [-0.25, -0.2) is 4.39 Å². The van der Waals surface area contributed by atoms with E-state index in [0.29, 0.717) is 21.4 Å². The van der Waals surface area contributed by atoms with Gasteiger partial charge in [-0.15, -0.1) is 0 Å². The lowest BCUT2D eigenvalue weighted by molar-refractivity contribution is 0.144. The number of ether oxygens (including phenoxy) is 1. The molecule has 0 saturated carbocycles. The van der Waals surface area contributed by atoms with Crippen LogP contribution in [0, 0.1) is 18.7 Å². The molecule has 2 heterocycles. The van der Waals surface area contributed by atoms with Crippen molar-refractivity contribution in [1.29, 1.82) is 0 Å². The molecule has 3 nitrogen and oxygen atoms in total. The van der Waals surface area contributed by atoms with Crippen LogP contribution in [0.4, 0.5) is 4.39 Å². The van der Waals surface area contributed by atoms with E-state index in [4.69, 9.17) is 27.9 Å². The zero-order chi connectivity index (χ0) is 16.4. The molecule has 0 aliphatic carbocycles. The first-order valence-electron chi connectivity index (χ1n) is 7.48. The summed E-state index contributed by atoms with van der Waals surface area (Å²) in [6.07, 6.45) is 3.38. The summed E-state index contributed by atoms with van der Waals surface area (Å²) in [4.78, 5) is 3.94. The predicted octanol–water partition coefficient (Wildman–Crippen LogP) is 4.57. The van der Waals surface area contributed by atoms with Gasteiger partial charge < -0.3 is 10.1 Å². The van der Waals surface area contributed by atoms with Gasteiger partial charge in [-0.3, -0.25) is 4.98 Å². The minimum Gasteiger partial charge on any atom is -0.482 e. The van der Waals surface area contributed by atoms with E-state index in [9.17, 15) is 4.39 Å². The fraction of sp³-hybridized carbons (Fsp3) is 0.353. The molecule has 2 atom stereocenters. The van der Waals surface area contributed by atoms with Crippen molar-refractivity contribution in [3.8, 4) is 5.75 Å². The Kier molecular flexibility index (Phi) is 5.05. The van der Waals surface area contributed by atoms with Crippen molar-refractivity contribution in [2.24, 2.45) is 5.92 Å². The first-order valence-corrected chi connectivity index (χ1v) is 8.23. The van der Waals surface area contributed by atoms with Crippen LogP contribution < -0.4 is 10.1 Å². The van der Waals surface area contributed by atoms with Crippen LogP contribution >= 0.6 is 23.2 Å². The fourth-order valence-electron chi connectivity index (χ4n) is 2.88. The van der Waals surface area contributed by atoms with E-state index in [1.165, 1.54) is 12.3 Å². The van der Waals surface area contributed by atoms with Gasteiger partial charge in [-0.2, -0.15) is 0 Å². The molecule has 1 aliphatic heterocycles. The third-order valence-corrected chi connectivity index (χ3v) is 4.53. The van der Waals surface area contributed by atoms with Crippen molar-refractivity contribution < 1.29 is 9.13 Å². The Morgan fingerprint density at radius 2 is 2.00 bits per heavy atom. The summed E-state index contributed by atoms with van der Waals surface area (Å²) >= 11 is 12.6. The number of nitrogens with one attached hydrogen (secondary N) is 1. The monoisotopic (exact) mass is 354 g/mol. The highest BCUT2D eigenvalue weighted by atomic mass is 35.5. The van der Waals surface area contributed by atoms with E-state index in [0.717, 1.165) is 25.1 Å². The molecular weight excluding hydrogens is 338 g/mol. The van der Waals surface area contributed by atoms with Crippen LogP contribution in [0.5, 0.6) is 5.75 Å². The van der Waals surface area contributed by atoms with E-state index in [-0.39, 0.29) is 17.8 Å². The molecular formula is C17H17Cl2FN2O. The number of aromatic nitrogens is 1. The second kappa shape index (κ2) is 7.04. The van der Waals surface area contributed by atoms with E-state index in [1.807, 2.05) is 6.92 Å². The zero-order valence-corrected chi connectivity index (χ0v) is 14.2. The van der Waals surface area contributed by atoms with Crippen LogP contribution in [0.1, 0.15) is 23.7 Å². The minimum absolute atomic E-state index is 0.201. The molecule has 122 valence electrons. The van der Waals surface area contributed by atoms with Gasteiger partial charge in [0.2, 0.25) is 0 Å². The molecule has 1 fully saturated rings. The highest BCUT2D eigenvalue weighted by Crippen LogP contribution is 2.40. The first-order chi connectivity index (χ1) is 11.0. The van der Waals surface area contributed by atoms with Gasteiger partial charge >= 0.3 is 0 Å². The van der Waals surface area contributed by atoms with Crippen molar-refractivity contribution >= 4 is 23.2 Å². The lowest BCUT2D eigenvalue weighted by atomic mass is 9.95. The van der Waals surface area contributed by atoms with Crippen molar-refractivity contribution in [3.63, 3.8) is 0 Å². The van der Waals surface area contributed by atoms with Gasteiger partial charge in [0, 0.05) is 24.2 Å². The quantitative estimate of drug-likeness (QED) is 0.873. The van der Waals surface area contributed by atoms with Crippen molar-refractivity contribution in [2.75, 3.05) is 13.1 Å². The van der Waals surface area contributed by atoms with Crippen molar-refractivity contribution in [3.05, 3.63) is 57.6 Å². The predicted molar refractivity (Wildman–Crippen MR) is 89.7 cm³/mol. The summed E-state index contributed by atoms with van der Waals surface area (Å²) in [5, 5.41) is 4.21. The molecule has 0 spiro atoms. The molecule has 6 heteroatoms. The van der Waals surface area contributed by atoms with Crippen LogP contribution in [0.3, 0.4) is 0 Å². The molecule has 0 amide bonds. The van der Waals surface area contributed by atoms with Crippen LogP contribution in [-0.4, -0.2) is 18.1 Å². The SMILES string of the molecule is Cc1cc(Cl)c(O[C@H](c2cncc(F)c2)C2CCNC2)c(Cl)c1. The van der Waals surface area contributed by atoms with Gasteiger partial charge in [0.25, 0.3) is 0 Å². The largest absolute Gasteiger partial charge is 0.482 e. The Morgan fingerprint density at radius 1 is 1.26 bits per heavy atom. The normalized spacial score (nSPS) is 18.9. The maximum Gasteiger partial charge on any atom is 0.157 e. The van der Waals surface area contributed by atoms with E-state index < -0.39 is 0 Å². The van der Waals surface area contributed by atoms with Crippen molar-refractivity contribution in [2.45, 2.75) is 19.4 Å². The summed E-state index contributed by atoms with van der Waals surface area (Å²) in [6.45, 7) is 3.61. The molecule has 0 bridgehead atoms. The molecule has 0 radical (unpaired) electrons. The maximum atomic E-state index is 13.6. The average Bonchev–Trinajstić information content (AvgIpc) is 3.00. The maximum absolute atomic E-state index is 13.6. The summed E-state index contributed by atoms with van der Waals surface area (Å²) < 4.78 is 19.7. The number of pyridine rings is 1. The number of hydrogen-bond acceptors (Lipinski definition) is 3. The fourth-order valence-corrected chi connectivity index (χ4v) is 3.57. The molecule has 1 aromatic heterocycles. The number of benzene rings is 1. The zero-order valence-electron chi connectivity index (χ0n) is 12.7. The Balaban J connectivity index is 1.96. The molecule has 1 aromatic carbocycles. The van der Waals surface area contributed by atoms with Crippen molar-refractivity contribution in [1.82, 2.24) is 10.3 Å². The van der Waals surface area contributed by atoms with Gasteiger partial charge in [-0.1, -0.05) is 23.2 Å². The summed E-state index contributed by atoms with van der Waals surface area (Å²) in [5.41, 5.74) is 1.64. The summed E-state index contributed by atoms with van der Waals surface area (Å²) in [6, 6.07) is 5.05. The average molecular weight is 355 g/mol. The molecule has 23 heavy (non-hydrogen) atoms. The van der Waals surface area contributed by atoms with Gasteiger partial charge in [-0.05, 0) is 43.7 Å². The first kappa shape index (κ1) is 16.5. The molecule has 1 N–H and O–H groups in total. The Morgan fingerprint density at radius 3 is 2.61 bits per heavy atom. The van der Waals surface area contributed by atoms with Crippen LogP contribution in [0.25, 0.3) is 0 Å². The second-order valence-electron chi connectivity index (χ2n) is 5.79. The number of halogens is 3. The van der Waals surface area contributed by atoms with Crippen LogP contribution in [-0.2, 0) is 0 Å². The van der Waals surface area contributed by atoms with Crippen LogP contribution in [0.15, 0.2) is 30.6 Å². The molecule has 2 aromatic rings. The van der Waals surface area contributed by atoms with E-state index in [2.05, 4.69) is 10.3 Å². The Labute approximate surface area is 144 Å². The summed E-state index contributed by atoms with van der Waals surface area (Å²) in [7, 11) is 0. The highest BCUT2D eigenvalue weighted by molar-refractivity contribution is 6.37. The molecule has 1 saturated heterocycles. The standard InChI is InChI=1S/C17H17Cl2FN2O/c1-10-4-14(18)17(15(19)5-10)23-16(11-2-3-21-7-11)12-6-13(20)9-22-8-12/h4-6,8-9,11,16,21H,2-3,7H2,1H3/t11?,16-/m0/s1.